The lowest BCUT2D eigenvalue weighted by molar-refractivity contribution is -0.114. The van der Waals surface area contributed by atoms with Crippen LogP contribution in [0.4, 0.5) is 11.4 Å². The summed E-state index contributed by atoms with van der Waals surface area (Å²) in [7, 11) is -1.63. The molecule has 0 saturated carbocycles. The summed E-state index contributed by atoms with van der Waals surface area (Å²) >= 11 is 6.01. The molecule has 0 aromatic heterocycles. The monoisotopic (exact) mass is 425 g/mol. The van der Waals surface area contributed by atoms with E-state index in [1.54, 1.807) is 18.2 Å². The predicted molar refractivity (Wildman–Crippen MR) is 107 cm³/mol. The van der Waals surface area contributed by atoms with Gasteiger partial charge >= 0.3 is 0 Å². The molecule has 2 aromatic carbocycles. The summed E-state index contributed by atoms with van der Waals surface area (Å²) in [4.78, 5) is 28.5. The van der Waals surface area contributed by atoms with E-state index in [4.69, 9.17) is 16.4 Å². The van der Waals surface area contributed by atoms with Crippen LogP contribution < -0.4 is 10.6 Å². The predicted octanol–water partition coefficient (Wildman–Crippen LogP) is 3.04. The van der Waals surface area contributed by atoms with Gasteiger partial charge in [-0.25, -0.2) is 8.42 Å². The van der Waals surface area contributed by atoms with Gasteiger partial charge in [-0.3, -0.25) is 14.4 Å². The second kappa shape index (κ2) is 8.70. The van der Waals surface area contributed by atoms with E-state index in [1.165, 1.54) is 33.2 Å². The highest BCUT2D eigenvalue weighted by molar-refractivity contribution is 7.89. The quantitative estimate of drug-likeness (QED) is 0.692. The maximum absolute atomic E-state index is 12.7. The van der Waals surface area contributed by atoms with E-state index >= 15 is 0 Å². The van der Waals surface area contributed by atoms with Crippen LogP contribution in [0, 0.1) is 6.92 Å². The Balaban J connectivity index is 2.40. The van der Waals surface area contributed by atoms with Crippen molar-refractivity contribution >= 4 is 44.8 Å². The molecule has 0 heterocycles. The number of hydrogen-bond donors (Lipinski definition) is 2. The number of halogens is 1. The molecule has 2 N–H and O–H groups in total. The Labute approximate surface area is 168 Å². The van der Waals surface area contributed by atoms with Crippen LogP contribution in [0.5, 0.6) is 0 Å². The normalized spacial score (nSPS) is 11.4. The molecule has 0 fully saturated rings. The Morgan fingerprint density at radius 1 is 1.07 bits per heavy atom. The number of hydrogen-bond acceptors (Lipinski definition) is 5. The molecule has 150 valence electrons. The Kier molecular flexibility index (Phi) is 6.78. The Morgan fingerprint density at radius 2 is 1.75 bits per heavy atom. The first kappa shape index (κ1) is 21.8. The molecule has 10 heteroatoms. The van der Waals surface area contributed by atoms with Crippen LogP contribution in [0.2, 0.25) is 5.02 Å². The van der Waals surface area contributed by atoms with Crippen molar-refractivity contribution in [2.45, 2.75) is 18.7 Å². The van der Waals surface area contributed by atoms with E-state index in [9.17, 15) is 18.0 Å². The van der Waals surface area contributed by atoms with Crippen LogP contribution in [0.25, 0.3) is 0 Å². The average molecular weight is 426 g/mol. The van der Waals surface area contributed by atoms with Crippen LogP contribution >= 0.6 is 11.6 Å². The number of nitrogens with zero attached hydrogens (tertiary/aromatic N) is 1. The van der Waals surface area contributed by atoms with E-state index in [0.717, 1.165) is 11.6 Å². The highest BCUT2D eigenvalue weighted by atomic mass is 35.5. The van der Waals surface area contributed by atoms with Gasteiger partial charge in [0, 0.05) is 19.5 Å². The second-order valence-corrected chi connectivity index (χ2v) is 8.24. The summed E-state index contributed by atoms with van der Waals surface area (Å²) in [5.74, 6) is -0.854. The molecule has 2 aromatic rings. The standard InChI is InChI=1S/C18H20ClN3O5S/c1-11-5-8-15(20-12(2)23)16(9-11)21-18(24)13-6-7-14(19)17(10-13)28(25,26)22(3)27-4/h5-10H,1-4H3,(H,20,23)(H,21,24). The topological polar surface area (TPSA) is 105 Å². The van der Waals surface area contributed by atoms with Crippen molar-refractivity contribution in [2.75, 3.05) is 24.8 Å². The zero-order valence-corrected chi connectivity index (χ0v) is 17.3. The fourth-order valence-electron chi connectivity index (χ4n) is 2.33. The first-order valence-electron chi connectivity index (χ1n) is 8.08. The molecule has 0 saturated heterocycles. The molecule has 0 aliphatic carbocycles. The largest absolute Gasteiger partial charge is 0.325 e. The van der Waals surface area contributed by atoms with E-state index in [-0.39, 0.29) is 21.4 Å². The molecule has 2 rings (SSSR count). The third kappa shape index (κ3) is 4.87. The molecule has 0 unspecified atom stereocenters. The number of carbonyl (C=O) groups excluding carboxylic acids is 2. The summed E-state index contributed by atoms with van der Waals surface area (Å²) in [5, 5.41) is 5.26. The van der Waals surface area contributed by atoms with Crippen LogP contribution in [-0.2, 0) is 19.7 Å². The van der Waals surface area contributed by atoms with Crippen molar-refractivity contribution in [3.8, 4) is 0 Å². The summed E-state index contributed by atoms with van der Waals surface area (Å²) in [6.07, 6.45) is 0. The smallest absolute Gasteiger partial charge is 0.266 e. The Morgan fingerprint density at radius 3 is 2.36 bits per heavy atom. The van der Waals surface area contributed by atoms with Gasteiger partial charge in [0.2, 0.25) is 5.91 Å². The van der Waals surface area contributed by atoms with Gasteiger partial charge in [0.15, 0.2) is 0 Å². The zero-order valence-electron chi connectivity index (χ0n) is 15.7. The molecule has 0 radical (unpaired) electrons. The third-order valence-corrected chi connectivity index (χ3v) is 5.96. The molecular formula is C18H20ClN3O5S. The highest BCUT2D eigenvalue weighted by Gasteiger charge is 2.25. The van der Waals surface area contributed by atoms with Crippen molar-refractivity contribution in [1.29, 1.82) is 0 Å². The van der Waals surface area contributed by atoms with Gasteiger partial charge in [0.1, 0.15) is 4.90 Å². The Bertz CT molecular complexity index is 1020. The fourth-order valence-corrected chi connectivity index (χ4v) is 3.81. The van der Waals surface area contributed by atoms with Gasteiger partial charge in [0.05, 0.1) is 23.5 Å². The van der Waals surface area contributed by atoms with E-state index < -0.39 is 15.9 Å². The SMILES string of the molecule is CON(C)S(=O)(=O)c1cc(C(=O)Nc2cc(C)ccc2NC(C)=O)ccc1Cl. The lowest BCUT2D eigenvalue weighted by Gasteiger charge is -2.16. The molecule has 2 amide bonds. The molecule has 8 nitrogen and oxygen atoms in total. The minimum Gasteiger partial charge on any atom is -0.325 e. The average Bonchev–Trinajstić information content (AvgIpc) is 2.63. The van der Waals surface area contributed by atoms with Crippen molar-refractivity contribution in [2.24, 2.45) is 0 Å². The summed E-state index contributed by atoms with van der Waals surface area (Å²) in [6.45, 7) is 3.19. The fraction of sp³-hybridized carbons (Fsp3) is 0.222. The number of rotatable bonds is 6. The molecule has 0 atom stereocenters. The van der Waals surface area contributed by atoms with Crippen molar-refractivity contribution in [1.82, 2.24) is 4.47 Å². The van der Waals surface area contributed by atoms with Gasteiger partial charge < -0.3 is 10.6 Å². The zero-order chi connectivity index (χ0) is 21.1. The number of carbonyl (C=O) groups is 2. The number of amides is 2. The minimum atomic E-state index is -4.04. The minimum absolute atomic E-state index is 0.0464. The summed E-state index contributed by atoms with van der Waals surface area (Å²) in [5.41, 5.74) is 1.74. The van der Waals surface area contributed by atoms with Crippen molar-refractivity contribution in [3.63, 3.8) is 0 Å². The van der Waals surface area contributed by atoms with E-state index in [1.807, 2.05) is 6.92 Å². The lowest BCUT2D eigenvalue weighted by atomic mass is 10.1. The second-order valence-electron chi connectivity index (χ2n) is 5.93. The summed E-state index contributed by atoms with van der Waals surface area (Å²) in [6, 6.07) is 9.02. The number of sulfonamides is 1. The van der Waals surface area contributed by atoms with Gasteiger partial charge in [-0.05, 0) is 42.8 Å². The molecule has 0 spiro atoms. The van der Waals surface area contributed by atoms with Crippen LogP contribution in [0.3, 0.4) is 0 Å². The number of anilines is 2. The maximum atomic E-state index is 12.7. The lowest BCUT2D eigenvalue weighted by Crippen LogP contribution is -2.26. The molecule has 28 heavy (non-hydrogen) atoms. The van der Waals surface area contributed by atoms with Crippen molar-refractivity contribution < 1.29 is 22.8 Å². The maximum Gasteiger partial charge on any atom is 0.266 e. The molecule has 0 bridgehead atoms. The first-order valence-corrected chi connectivity index (χ1v) is 9.90. The van der Waals surface area contributed by atoms with E-state index in [2.05, 4.69) is 10.6 Å². The van der Waals surface area contributed by atoms with Gasteiger partial charge in [-0.15, -0.1) is 0 Å². The molecule has 0 aliphatic rings. The molecule has 0 aliphatic heterocycles. The van der Waals surface area contributed by atoms with Gasteiger partial charge in [-0.2, -0.15) is 0 Å². The van der Waals surface area contributed by atoms with Crippen molar-refractivity contribution in [3.05, 3.63) is 52.5 Å². The first-order chi connectivity index (χ1) is 13.1. The third-order valence-electron chi connectivity index (χ3n) is 3.80. The van der Waals surface area contributed by atoms with Crippen LogP contribution in [-0.4, -0.2) is 38.9 Å². The summed E-state index contributed by atoms with van der Waals surface area (Å²) < 4.78 is 25.6. The Hall–Kier alpha value is -2.46. The number of aryl methyl sites for hydroxylation is 1. The number of hydroxylamine groups is 1. The van der Waals surface area contributed by atoms with Crippen LogP contribution in [0.15, 0.2) is 41.3 Å². The number of benzene rings is 2. The van der Waals surface area contributed by atoms with E-state index in [0.29, 0.717) is 15.8 Å². The van der Waals surface area contributed by atoms with Crippen LogP contribution in [0.1, 0.15) is 22.8 Å². The molecular weight excluding hydrogens is 406 g/mol. The van der Waals surface area contributed by atoms with Gasteiger partial charge in [-0.1, -0.05) is 22.1 Å². The van der Waals surface area contributed by atoms with Gasteiger partial charge in [0.25, 0.3) is 15.9 Å². The highest BCUT2D eigenvalue weighted by Crippen LogP contribution is 2.27. The number of nitrogens with one attached hydrogen (secondary N) is 2.